The Hall–Kier alpha value is -0.650. The van der Waals surface area contributed by atoms with Crippen molar-refractivity contribution in [2.45, 2.75) is 90.1 Å². The summed E-state index contributed by atoms with van der Waals surface area (Å²) in [5.41, 5.74) is -0.609. The number of hydrogen-bond acceptors (Lipinski definition) is 5. The lowest BCUT2D eigenvalue weighted by Gasteiger charge is -2.66. The van der Waals surface area contributed by atoms with Crippen molar-refractivity contribution in [1.82, 2.24) is 0 Å². The Balaban J connectivity index is 1.54. The number of carbonyl (C=O) groups is 1. The van der Waals surface area contributed by atoms with E-state index in [4.69, 9.17) is 9.47 Å². The molecule has 0 aromatic carbocycles. The van der Waals surface area contributed by atoms with Crippen LogP contribution in [0.15, 0.2) is 0 Å². The van der Waals surface area contributed by atoms with Crippen molar-refractivity contribution >= 4 is 5.97 Å². The molecule has 0 radical (unpaired) electrons. The van der Waals surface area contributed by atoms with Gasteiger partial charge < -0.3 is 19.7 Å². The van der Waals surface area contributed by atoms with E-state index >= 15 is 0 Å². The van der Waals surface area contributed by atoms with Crippen LogP contribution < -0.4 is 0 Å². The molecule has 4 saturated carbocycles. The molecule has 5 rings (SSSR count). The molecular weight excluding hydrogens is 344 g/mol. The molecule has 152 valence electrons. The molecule has 2 bridgehead atoms. The Labute approximate surface area is 161 Å². The first kappa shape index (κ1) is 18.4. The number of ether oxygens (including phenoxy) is 2. The molecule has 0 aromatic rings. The molecule has 0 amide bonds. The summed E-state index contributed by atoms with van der Waals surface area (Å²) in [5.74, 6) is 0.825. The van der Waals surface area contributed by atoms with E-state index in [1.807, 2.05) is 0 Å². The highest BCUT2D eigenvalue weighted by molar-refractivity contribution is 5.65. The molecule has 2 N–H and O–H groups in total. The predicted octanol–water partition coefficient (Wildman–Crippen LogP) is 2.67. The van der Waals surface area contributed by atoms with E-state index < -0.39 is 17.6 Å². The zero-order valence-electron chi connectivity index (χ0n) is 17.0. The van der Waals surface area contributed by atoms with Gasteiger partial charge in [0.05, 0.1) is 30.5 Å². The summed E-state index contributed by atoms with van der Waals surface area (Å²) in [4.78, 5) is 11.5. The van der Waals surface area contributed by atoms with E-state index in [0.29, 0.717) is 18.3 Å². The van der Waals surface area contributed by atoms with Crippen LogP contribution in [0, 0.1) is 34.0 Å². The number of esters is 1. The van der Waals surface area contributed by atoms with Gasteiger partial charge >= 0.3 is 5.97 Å². The van der Waals surface area contributed by atoms with Crippen LogP contribution in [0.1, 0.15) is 66.2 Å². The fourth-order valence-electron chi connectivity index (χ4n) is 8.54. The highest BCUT2D eigenvalue weighted by Crippen LogP contribution is 2.77. The summed E-state index contributed by atoms with van der Waals surface area (Å²) in [6.07, 6.45) is 5.08. The molecule has 5 nitrogen and oxygen atoms in total. The highest BCUT2D eigenvalue weighted by atomic mass is 16.6. The fraction of sp³-hybridized carbons (Fsp3) is 0.955. The van der Waals surface area contributed by atoms with Crippen LogP contribution in [0.25, 0.3) is 0 Å². The van der Waals surface area contributed by atoms with E-state index in [-0.39, 0.29) is 41.0 Å². The van der Waals surface area contributed by atoms with Gasteiger partial charge in [0.25, 0.3) is 0 Å². The maximum absolute atomic E-state index is 11.5. The molecule has 27 heavy (non-hydrogen) atoms. The van der Waals surface area contributed by atoms with Crippen LogP contribution in [0.5, 0.6) is 0 Å². The summed E-state index contributed by atoms with van der Waals surface area (Å²) in [6.45, 7) is 8.34. The van der Waals surface area contributed by atoms with E-state index in [2.05, 4.69) is 20.8 Å². The molecule has 0 aromatic heterocycles. The monoisotopic (exact) mass is 378 g/mol. The van der Waals surface area contributed by atoms with E-state index in [9.17, 15) is 15.0 Å². The van der Waals surface area contributed by atoms with E-state index in [1.54, 1.807) is 0 Å². The Bertz CT molecular complexity index is 680. The Morgan fingerprint density at radius 3 is 2.56 bits per heavy atom. The van der Waals surface area contributed by atoms with Gasteiger partial charge in [-0.05, 0) is 68.6 Å². The van der Waals surface area contributed by atoms with Gasteiger partial charge in [0, 0.05) is 17.8 Å². The standard InChI is InChI=1S/C22H34O5/c1-12(23)26-11-20(3)15-9-17(25)22-10-13(21(4)18(22)27-21)5-6-14(22)19(15,2)8-7-16(20)24/h13-18,24-25H,5-11H2,1-4H3/t13-,14+,15+,16-,17+,18+,19+,20-,21+,22-/m0/s1. The highest BCUT2D eigenvalue weighted by Gasteiger charge is 2.81. The van der Waals surface area contributed by atoms with Crippen LogP contribution >= 0.6 is 0 Å². The topological polar surface area (TPSA) is 79.3 Å². The average Bonchev–Trinajstić information content (AvgIpc) is 3.28. The number of aliphatic hydroxyl groups excluding tert-OH is 2. The number of epoxide rings is 1. The van der Waals surface area contributed by atoms with Gasteiger partial charge in [-0.1, -0.05) is 13.8 Å². The van der Waals surface area contributed by atoms with Crippen LogP contribution in [0.3, 0.4) is 0 Å². The molecule has 5 fully saturated rings. The first-order chi connectivity index (χ1) is 12.6. The number of aliphatic hydroxyl groups is 2. The zero-order valence-corrected chi connectivity index (χ0v) is 17.0. The summed E-state index contributed by atoms with van der Waals surface area (Å²) in [5, 5.41) is 22.4. The molecule has 0 unspecified atom stereocenters. The van der Waals surface area contributed by atoms with Crippen LogP contribution in [-0.4, -0.2) is 46.7 Å². The molecule has 4 aliphatic carbocycles. The van der Waals surface area contributed by atoms with Crippen molar-refractivity contribution in [1.29, 1.82) is 0 Å². The summed E-state index contributed by atoms with van der Waals surface area (Å²) < 4.78 is 11.7. The van der Waals surface area contributed by atoms with Gasteiger partial charge in [-0.2, -0.15) is 0 Å². The van der Waals surface area contributed by atoms with Crippen molar-refractivity contribution in [3.63, 3.8) is 0 Å². The lowest BCUT2D eigenvalue weighted by molar-refractivity contribution is -0.242. The summed E-state index contributed by atoms with van der Waals surface area (Å²) >= 11 is 0. The summed E-state index contributed by atoms with van der Waals surface area (Å²) in [7, 11) is 0. The summed E-state index contributed by atoms with van der Waals surface area (Å²) in [6, 6.07) is 0. The third-order valence-electron chi connectivity index (χ3n) is 9.96. The van der Waals surface area contributed by atoms with Crippen molar-refractivity contribution in [3.8, 4) is 0 Å². The third kappa shape index (κ3) is 2.04. The predicted molar refractivity (Wildman–Crippen MR) is 98.7 cm³/mol. The smallest absolute Gasteiger partial charge is 0.302 e. The lowest BCUT2D eigenvalue weighted by atomic mass is 9.39. The second-order valence-electron chi connectivity index (χ2n) is 11.0. The number of hydrogen-bond donors (Lipinski definition) is 2. The fourth-order valence-corrected chi connectivity index (χ4v) is 8.54. The number of fused-ring (bicyclic) bond motifs is 5. The number of carbonyl (C=O) groups excluding carboxylic acids is 1. The molecule has 5 aliphatic rings. The van der Waals surface area contributed by atoms with Gasteiger partial charge in [-0.3, -0.25) is 4.79 Å². The molecular formula is C22H34O5. The Morgan fingerprint density at radius 1 is 1.11 bits per heavy atom. The van der Waals surface area contributed by atoms with Crippen molar-refractivity contribution < 1.29 is 24.5 Å². The first-order valence-electron chi connectivity index (χ1n) is 10.8. The Kier molecular flexibility index (Phi) is 3.60. The van der Waals surface area contributed by atoms with Crippen molar-refractivity contribution in [2.75, 3.05) is 6.61 Å². The normalized spacial score (nSPS) is 60.8. The maximum atomic E-state index is 11.5. The number of rotatable bonds is 2. The average molecular weight is 379 g/mol. The minimum Gasteiger partial charge on any atom is -0.465 e. The first-order valence-corrected chi connectivity index (χ1v) is 10.8. The molecule has 1 heterocycles. The van der Waals surface area contributed by atoms with Gasteiger partial charge in [-0.25, -0.2) is 0 Å². The molecule has 1 spiro atoms. The lowest BCUT2D eigenvalue weighted by Crippen LogP contribution is -2.66. The molecule has 1 aliphatic heterocycles. The second kappa shape index (κ2) is 5.28. The van der Waals surface area contributed by atoms with Crippen LogP contribution in [-0.2, 0) is 14.3 Å². The van der Waals surface area contributed by atoms with Crippen molar-refractivity contribution in [2.24, 2.45) is 34.0 Å². The maximum Gasteiger partial charge on any atom is 0.302 e. The SMILES string of the molecule is CC(=O)OC[C@@]1(C)[C@@H]2C[C@@H](O)[C@]34C[C@H](CC[C@@H]3[C@@]2(C)CC[C@@H]1O)[C@@]1(C)O[C@H]14. The van der Waals surface area contributed by atoms with Gasteiger partial charge in [0.2, 0.25) is 0 Å². The van der Waals surface area contributed by atoms with Gasteiger partial charge in [0.15, 0.2) is 0 Å². The van der Waals surface area contributed by atoms with Crippen LogP contribution in [0.4, 0.5) is 0 Å². The minimum absolute atomic E-state index is 0.0197. The molecule has 5 heteroatoms. The van der Waals surface area contributed by atoms with Gasteiger partial charge in [0.1, 0.15) is 0 Å². The largest absolute Gasteiger partial charge is 0.465 e. The molecule has 10 atom stereocenters. The van der Waals surface area contributed by atoms with Crippen molar-refractivity contribution in [3.05, 3.63) is 0 Å². The van der Waals surface area contributed by atoms with E-state index in [1.165, 1.54) is 13.3 Å². The zero-order chi connectivity index (χ0) is 19.4. The Morgan fingerprint density at radius 2 is 1.85 bits per heavy atom. The van der Waals surface area contributed by atoms with Gasteiger partial charge in [-0.15, -0.1) is 0 Å². The quantitative estimate of drug-likeness (QED) is 0.570. The third-order valence-corrected chi connectivity index (χ3v) is 9.96. The minimum atomic E-state index is -0.509. The van der Waals surface area contributed by atoms with Crippen LogP contribution in [0.2, 0.25) is 0 Å². The van der Waals surface area contributed by atoms with E-state index in [0.717, 1.165) is 25.7 Å². The molecule has 1 saturated heterocycles. The second-order valence-corrected chi connectivity index (χ2v) is 11.0.